The number of ether oxygens (including phenoxy) is 3. The van der Waals surface area contributed by atoms with E-state index < -0.39 is 30.8 Å². The average Bonchev–Trinajstić information content (AvgIpc) is 3.27. The zero-order valence-corrected chi connectivity index (χ0v) is 24.6. The summed E-state index contributed by atoms with van der Waals surface area (Å²) in [6.07, 6.45) is -1.42. The summed E-state index contributed by atoms with van der Waals surface area (Å²) in [5, 5.41) is 0. The summed E-state index contributed by atoms with van der Waals surface area (Å²) in [5.74, 6) is 1.13. The third-order valence-corrected chi connectivity index (χ3v) is 7.53. The first-order valence-electron chi connectivity index (χ1n) is 14.2. The average molecular weight is 575 g/mol. The van der Waals surface area contributed by atoms with Crippen LogP contribution >= 0.6 is 0 Å². The van der Waals surface area contributed by atoms with Crippen LogP contribution in [0.5, 0.6) is 11.5 Å². The van der Waals surface area contributed by atoms with E-state index in [9.17, 15) is 18.0 Å². The molecular weight excluding hydrogens is 533 g/mol. The normalized spacial score (nSPS) is 18.8. The maximum atomic E-state index is 13.9. The van der Waals surface area contributed by atoms with Crippen LogP contribution in [0.15, 0.2) is 48.0 Å². The number of alkyl halides is 3. The first kappa shape index (κ1) is 30.8. The molecule has 2 aromatic rings. The maximum absolute atomic E-state index is 13.9. The van der Waals surface area contributed by atoms with Gasteiger partial charge in [0.05, 0.1) is 32.9 Å². The Morgan fingerprint density at radius 1 is 1.15 bits per heavy atom. The second kappa shape index (κ2) is 13.2. The van der Waals surface area contributed by atoms with Crippen molar-refractivity contribution >= 4 is 11.7 Å². The lowest BCUT2D eigenvalue weighted by Crippen LogP contribution is -2.43. The highest BCUT2D eigenvalue weighted by atomic mass is 19.3. The molecule has 0 radical (unpaired) electrons. The molecule has 1 amide bonds. The molecule has 2 aliphatic rings. The number of nitrogens with zero attached hydrogens (tertiary/aromatic N) is 2. The fraction of sp³-hybridized carbons (Fsp3) is 0.531. The van der Waals surface area contributed by atoms with E-state index in [-0.39, 0.29) is 38.7 Å². The molecule has 0 bridgehead atoms. The molecule has 9 heteroatoms. The highest BCUT2D eigenvalue weighted by Crippen LogP contribution is 2.50. The minimum Gasteiger partial charge on any atom is -0.496 e. The quantitative estimate of drug-likeness (QED) is 0.287. The lowest BCUT2D eigenvalue weighted by molar-refractivity contribution is 0.0221. The van der Waals surface area contributed by atoms with Crippen LogP contribution in [-0.4, -0.2) is 74.0 Å². The highest BCUT2D eigenvalue weighted by Gasteiger charge is 2.41. The molecule has 1 heterocycles. The third-order valence-electron chi connectivity index (χ3n) is 7.53. The van der Waals surface area contributed by atoms with Crippen LogP contribution in [0.1, 0.15) is 63.3 Å². The van der Waals surface area contributed by atoms with Gasteiger partial charge in [-0.25, -0.2) is 13.6 Å². The second-order valence-electron chi connectivity index (χ2n) is 11.6. The van der Waals surface area contributed by atoms with E-state index in [1.807, 2.05) is 30.0 Å². The Balaban J connectivity index is 1.61. The van der Waals surface area contributed by atoms with Crippen molar-refractivity contribution in [1.82, 2.24) is 9.80 Å². The van der Waals surface area contributed by atoms with Gasteiger partial charge in [-0.15, -0.1) is 0 Å². The molecule has 41 heavy (non-hydrogen) atoms. The number of rotatable bonds is 11. The Labute approximate surface area is 241 Å². The van der Waals surface area contributed by atoms with Crippen LogP contribution in [0.3, 0.4) is 0 Å². The van der Waals surface area contributed by atoms with E-state index in [0.717, 1.165) is 11.1 Å². The van der Waals surface area contributed by atoms with Crippen LogP contribution in [0.4, 0.5) is 18.0 Å². The number of amides is 1. The molecule has 0 fully saturated rings. The predicted octanol–water partition coefficient (Wildman–Crippen LogP) is 7.08. The molecular formula is C32H41F3N2O4. The number of carbonyl (C=O) groups excluding carboxylic acids is 1. The van der Waals surface area contributed by atoms with E-state index in [4.69, 9.17) is 14.2 Å². The molecule has 0 aromatic heterocycles. The van der Waals surface area contributed by atoms with E-state index in [1.165, 1.54) is 21.6 Å². The monoisotopic (exact) mass is 574 g/mol. The van der Waals surface area contributed by atoms with Gasteiger partial charge in [0.25, 0.3) is 6.43 Å². The van der Waals surface area contributed by atoms with Crippen molar-refractivity contribution in [2.75, 3.05) is 40.0 Å². The summed E-state index contributed by atoms with van der Waals surface area (Å²) >= 11 is 0. The van der Waals surface area contributed by atoms with Gasteiger partial charge in [-0.05, 0) is 87.4 Å². The maximum Gasteiger partial charge on any atom is 0.410 e. The molecule has 0 saturated heterocycles. The van der Waals surface area contributed by atoms with Gasteiger partial charge in [-0.2, -0.15) is 0 Å². The lowest BCUT2D eigenvalue weighted by atomic mass is 9.84. The molecule has 1 aliphatic heterocycles. The van der Waals surface area contributed by atoms with Gasteiger partial charge in [-0.3, -0.25) is 9.29 Å². The minimum atomic E-state index is -2.49. The Morgan fingerprint density at radius 3 is 2.59 bits per heavy atom. The molecule has 0 unspecified atom stereocenters. The zero-order chi connectivity index (χ0) is 29.7. The number of halogens is 3. The first-order valence-corrected chi connectivity index (χ1v) is 14.2. The van der Waals surface area contributed by atoms with Gasteiger partial charge in [0.2, 0.25) is 0 Å². The summed E-state index contributed by atoms with van der Waals surface area (Å²) in [6, 6.07) is 13.1. The van der Waals surface area contributed by atoms with Crippen molar-refractivity contribution in [2.24, 2.45) is 0 Å². The van der Waals surface area contributed by atoms with Crippen molar-refractivity contribution in [3.63, 3.8) is 0 Å². The summed E-state index contributed by atoms with van der Waals surface area (Å²) in [6.45, 7) is 7.00. The topological polar surface area (TPSA) is 51.2 Å². The van der Waals surface area contributed by atoms with Crippen molar-refractivity contribution in [2.45, 2.75) is 71.1 Å². The van der Waals surface area contributed by atoms with E-state index in [1.54, 1.807) is 40.0 Å². The molecule has 224 valence electrons. The fourth-order valence-electron chi connectivity index (χ4n) is 5.80. The first-order chi connectivity index (χ1) is 19.5. The number of hydrogen-bond acceptors (Lipinski definition) is 5. The largest absolute Gasteiger partial charge is 0.496 e. The van der Waals surface area contributed by atoms with Crippen molar-refractivity contribution in [3.8, 4) is 11.5 Å². The third kappa shape index (κ3) is 7.36. The molecule has 2 aromatic carbocycles. The molecule has 1 aliphatic carbocycles. The molecule has 0 N–H and O–H groups in total. The standard InChI is InChI=1S/C32H41F3N2O4/c1-21-17-25-24-10-7-6-9-22(24)18-26(25)30(37(21)20-29(34)35)27-19-23(11-12-28(27)39-5)40-16-15-36(14-8-13-33)31(38)41-32(2,3)4/h6-7,9-12,19,21,29-30H,8,13-18,20H2,1-5H3/t21-,30+/m1/s1. The summed E-state index contributed by atoms with van der Waals surface area (Å²) in [7, 11) is 1.57. The molecule has 4 rings (SSSR count). The van der Waals surface area contributed by atoms with Gasteiger partial charge in [-0.1, -0.05) is 24.3 Å². The zero-order valence-electron chi connectivity index (χ0n) is 24.6. The number of methoxy groups -OCH3 is 1. The van der Waals surface area contributed by atoms with Crippen molar-refractivity contribution < 1.29 is 32.2 Å². The number of carbonyl (C=O) groups is 1. The van der Waals surface area contributed by atoms with Crippen LogP contribution in [0, 0.1) is 0 Å². The van der Waals surface area contributed by atoms with E-state index >= 15 is 0 Å². The van der Waals surface area contributed by atoms with Crippen molar-refractivity contribution in [3.05, 3.63) is 64.7 Å². The van der Waals surface area contributed by atoms with Gasteiger partial charge in [0, 0.05) is 18.2 Å². The second-order valence-corrected chi connectivity index (χ2v) is 11.6. The number of benzene rings is 2. The van der Waals surface area contributed by atoms with Crippen molar-refractivity contribution in [1.29, 1.82) is 0 Å². The molecule has 2 atom stereocenters. The summed E-state index contributed by atoms with van der Waals surface area (Å²) in [5.41, 5.74) is 4.82. The fourth-order valence-corrected chi connectivity index (χ4v) is 5.80. The summed E-state index contributed by atoms with van der Waals surface area (Å²) in [4.78, 5) is 16.0. The smallest absolute Gasteiger partial charge is 0.410 e. The Hall–Kier alpha value is -3.20. The Bertz CT molecular complexity index is 1240. The molecule has 0 spiro atoms. The van der Waals surface area contributed by atoms with Gasteiger partial charge in [0.15, 0.2) is 0 Å². The van der Waals surface area contributed by atoms with Gasteiger partial charge < -0.3 is 19.1 Å². The number of fused-ring (bicyclic) bond motifs is 2. The SMILES string of the molecule is COc1ccc(OCCN(CCCF)C(=O)OC(C)(C)C)cc1[C@@H]1C2=C(C[C@@H](C)N1CC(F)F)c1ccccc1C2. The highest BCUT2D eigenvalue weighted by molar-refractivity contribution is 5.79. The molecule has 6 nitrogen and oxygen atoms in total. The van der Waals surface area contributed by atoms with E-state index in [2.05, 4.69) is 12.1 Å². The van der Waals surface area contributed by atoms with Crippen LogP contribution < -0.4 is 9.47 Å². The Morgan fingerprint density at radius 2 is 1.90 bits per heavy atom. The predicted molar refractivity (Wildman–Crippen MR) is 153 cm³/mol. The van der Waals surface area contributed by atoms with E-state index in [0.29, 0.717) is 24.3 Å². The minimum absolute atomic E-state index is 0.105. The number of hydrogen-bond donors (Lipinski definition) is 0. The van der Waals surface area contributed by atoms with Gasteiger partial charge >= 0.3 is 6.09 Å². The van der Waals surface area contributed by atoms with Gasteiger partial charge in [0.1, 0.15) is 23.7 Å². The Kier molecular flexibility index (Phi) is 9.89. The lowest BCUT2D eigenvalue weighted by Gasteiger charge is -2.42. The molecule has 0 saturated carbocycles. The summed E-state index contributed by atoms with van der Waals surface area (Å²) < 4.78 is 57.9. The van der Waals surface area contributed by atoms with Crippen LogP contribution in [-0.2, 0) is 11.2 Å². The van der Waals surface area contributed by atoms with Crippen LogP contribution in [0.2, 0.25) is 0 Å². The van der Waals surface area contributed by atoms with Crippen LogP contribution in [0.25, 0.3) is 5.57 Å².